The number of nitrogens with one attached hydrogen (secondary N) is 1. The highest BCUT2D eigenvalue weighted by atomic mass is 35.5. The summed E-state index contributed by atoms with van der Waals surface area (Å²) in [5.74, 6) is -1.14. The van der Waals surface area contributed by atoms with Gasteiger partial charge in [0.05, 0.1) is 10.0 Å². The van der Waals surface area contributed by atoms with Crippen LogP contribution in [0.25, 0.3) is 0 Å². The van der Waals surface area contributed by atoms with E-state index in [9.17, 15) is 12.8 Å². The minimum atomic E-state index is -3.92. The zero-order chi connectivity index (χ0) is 15.6. The van der Waals surface area contributed by atoms with Crippen LogP contribution in [0.2, 0.25) is 4.34 Å². The van der Waals surface area contributed by atoms with Crippen LogP contribution in [0, 0.1) is 5.82 Å². The van der Waals surface area contributed by atoms with Crippen LogP contribution in [0.1, 0.15) is 5.56 Å². The summed E-state index contributed by atoms with van der Waals surface area (Å²) in [6, 6.07) is 6.19. The first kappa shape index (κ1) is 15.5. The fourth-order valence-corrected chi connectivity index (χ4v) is 4.00. The molecule has 0 aliphatic carbocycles. The molecule has 0 amide bonds. The van der Waals surface area contributed by atoms with Crippen molar-refractivity contribution < 1.29 is 18.0 Å². The lowest BCUT2D eigenvalue weighted by Crippen LogP contribution is -2.15. The Balaban J connectivity index is 2.32. The molecule has 1 aromatic heterocycles. The van der Waals surface area contributed by atoms with E-state index in [0.717, 1.165) is 17.4 Å². The largest absolute Gasteiger partial charge is 0.409 e. The van der Waals surface area contributed by atoms with Gasteiger partial charge in [-0.05, 0) is 30.3 Å². The molecule has 0 saturated heterocycles. The van der Waals surface area contributed by atoms with Crippen LogP contribution in [0.3, 0.4) is 0 Å². The summed E-state index contributed by atoms with van der Waals surface area (Å²) in [7, 11) is -3.92. The molecule has 0 radical (unpaired) electrons. The first-order chi connectivity index (χ1) is 9.83. The van der Waals surface area contributed by atoms with Crippen LogP contribution in [0.5, 0.6) is 0 Å². The van der Waals surface area contributed by atoms with Crippen molar-refractivity contribution in [3.8, 4) is 0 Å². The van der Waals surface area contributed by atoms with E-state index in [-0.39, 0.29) is 21.3 Å². The van der Waals surface area contributed by atoms with Crippen molar-refractivity contribution in [2.75, 3.05) is 4.72 Å². The Bertz CT molecular complexity index is 805. The van der Waals surface area contributed by atoms with Crippen molar-refractivity contribution >= 4 is 44.5 Å². The molecule has 0 fully saturated rings. The molecule has 0 bridgehead atoms. The van der Waals surface area contributed by atoms with Crippen molar-refractivity contribution in [3.63, 3.8) is 0 Å². The molecule has 0 aliphatic heterocycles. The fourth-order valence-electron chi connectivity index (χ4n) is 1.45. The average molecular weight is 350 g/mol. The maximum atomic E-state index is 13.9. The third-order valence-corrected chi connectivity index (χ3v) is 5.52. The van der Waals surface area contributed by atoms with Gasteiger partial charge in [0.1, 0.15) is 10.0 Å². The van der Waals surface area contributed by atoms with Crippen LogP contribution in [-0.2, 0) is 10.0 Å². The van der Waals surface area contributed by atoms with Crippen LogP contribution in [-0.4, -0.2) is 19.5 Å². The molecule has 21 heavy (non-hydrogen) atoms. The standard InChI is InChI=1S/C11H9ClFN3O3S2/c12-9-3-4-10(20-9)21(18,19)16-8-2-1-6(5-7(8)13)11(14)15-17/h1-5,16-17H,(H2,14,15). The number of amidine groups is 1. The fraction of sp³-hybridized carbons (Fsp3) is 0. The van der Waals surface area contributed by atoms with E-state index in [1.807, 2.05) is 0 Å². The van der Waals surface area contributed by atoms with Gasteiger partial charge in [0.25, 0.3) is 10.0 Å². The number of oxime groups is 1. The molecule has 0 saturated carbocycles. The van der Waals surface area contributed by atoms with Crippen molar-refractivity contribution in [1.82, 2.24) is 0 Å². The third kappa shape index (κ3) is 3.43. The molecular formula is C11H9ClFN3O3S2. The number of nitrogens with two attached hydrogens (primary N) is 1. The molecule has 0 spiro atoms. The molecule has 1 heterocycles. The van der Waals surface area contributed by atoms with Crippen molar-refractivity contribution in [3.05, 3.63) is 46.0 Å². The number of sulfonamides is 1. The molecule has 4 N–H and O–H groups in total. The van der Waals surface area contributed by atoms with Gasteiger partial charge in [0.15, 0.2) is 5.84 Å². The molecule has 2 aromatic rings. The second kappa shape index (κ2) is 5.88. The van der Waals surface area contributed by atoms with Gasteiger partial charge < -0.3 is 10.9 Å². The third-order valence-electron chi connectivity index (χ3n) is 2.43. The summed E-state index contributed by atoms with van der Waals surface area (Å²) in [6.45, 7) is 0. The Morgan fingerprint density at radius 2 is 2.10 bits per heavy atom. The van der Waals surface area contributed by atoms with Gasteiger partial charge in [-0.1, -0.05) is 16.8 Å². The SMILES string of the molecule is N/C(=N/O)c1ccc(NS(=O)(=O)c2ccc(Cl)s2)c(F)c1. The molecule has 2 rings (SSSR count). The lowest BCUT2D eigenvalue weighted by Gasteiger charge is -2.08. The minimum absolute atomic E-state index is 0.0348. The predicted molar refractivity (Wildman–Crippen MR) is 79.0 cm³/mol. The van der Waals surface area contributed by atoms with E-state index in [1.54, 1.807) is 0 Å². The van der Waals surface area contributed by atoms with Crippen molar-refractivity contribution in [2.24, 2.45) is 10.9 Å². The van der Waals surface area contributed by atoms with E-state index in [2.05, 4.69) is 9.88 Å². The summed E-state index contributed by atoms with van der Waals surface area (Å²) in [5, 5.41) is 11.2. The Hall–Kier alpha value is -1.84. The molecule has 1 aromatic carbocycles. The van der Waals surface area contributed by atoms with Crippen LogP contribution in [0.4, 0.5) is 10.1 Å². The summed E-state index contributed by atoms with van der Waals surface area (Å²) in [5.41, 5.74) is 5.18. The smallest absolute Gasteiger partial charge is 0.271 e. The Kier molecular flexibility index (Phi) is 4.35. The molecule has 0 aliphatic rings. The number of rotatable bonds is 4. The summed E-state index contributed by atoms with van der Waals surface area (Å²) in [6.07, 6.45) is 0. The Morgan fingerprint density at radius 1 is 1.38 bits per heavy atom. The molecule has 112 valence electrons. The Labute approximate surface area is 128 Å². The topological polar surface area (TPSA) is 105 Å². The molecular weight excluding hydrogens is 341 g/mol. The molecule has 0 atom stereocenters. The number of hydrogen-bond acceptors (Lipinski definition) is 5. The highest BCUT2D eigenvalue weighted by Crippen LogP contribution is 2.28. The van der Waals surface area contributed by atoms with Gasteiger partial charge >= 0.3 is 0 Å². The Morgan fingerprint density at radius 3 is 2.62 bits per heavy atom. The molecule has 10 heteroatoms. The van der Waals surface area contributed by atoms with Crippen LogP contribution >= 0.6 is 22.9 Å². The van der Waals surface area contributed by atoms with E-state index >= 15 is 0 Å². The zero-order valence-electron chi connectivity index (χ0n) is 10.2. The van der Waals surface area contributed by atoms with Gasteiger partial charge in [0, 0.05) is 5.56 Å². The first-order valence-corrected chi connectivity index (χ1v) is 8.07. The lowest BCUT2D eigenvalue weighted by molar-refractivity contribution is 0.318. The monoisotopic (exact) mass is 349 g/mol. The second-order valence-electron chi connectivity index (χ2n) is 3.84. The summed E-state index contributed by atoms with van der Waals surface area (Å²) in [4.78, 5) is 0. The minimum Gasteiger partial charge on any atom is -0.409 e. The van der Waals surface area contributed by atoms with Crippen molar-refractivity contribution in [2.45, 2.75) is 4.21 Å². The predicted octanol–water partition coefficient (Wildman–Crippen LogP) is 2.44. The first-order valence-electron chi connectivity index (χ1n) is 5.39. The number of hydrogen-bond donors (Lipinski definition) is 3. The van der Waals surface area contributed by atoms with E-state index in [4.69, 9.17) is 22.5 Å². The van der Waals surface area contributed by atoms with Crippen LogP contribution in [0.15, 0.2) is 39.7 Å². The quantitative estimate of drug-likeness (QED) is 0.341. The maximum Gasteiger partial charge on any atom is 0.271 e. The lowest BCUT2D eigenvalue weighted by atomic mass is 10.2. The highest BCUT2D eigenvalue weighted by Gasteiger charge is 2.19. The number of nitrogens with zero attached hydrogens (tertiary/aromatic N) is 1. The van der Waals surface area contributed by atoms with Gasteiger partial charge in [0.2, 0.25) is 0 Å². The number of benzene rings is 1. The van der Waals surface area contributed by atoms with Gasteiger partial charge in [-0.3, -0.25) is 4.72 Å². The normalized spacial score (nSPS) is 12.4. The second-order valence-corrected chi connectivity index (χ2v) is 7.47. The van der Waals surface area contributed by atoms with E-state index in [1.165, 1.54) is 24.3 Å². The number of thiophene rings is 1. The van der Waals surface area contributed by atoms with E-state index < -0.39 is 15.8 Å². The average Bonchev–Trinajstić information content (AvgIpc) is 2.87. The van der Waals surface area contributed by atoms with Gasteiger partial charge in [-0.2, -0.15) is 0 Å². The van der Waals surface area contributed by atoms with E-state index in [0.29, 0.717) is 4.34 Å². The van der Waals surface area contributed by atoms with Gasteiger partial charge in [-0.15, -0.1) is 11.3 Å². The summed E-state index contributed by atoms with van der Waals surface area (Å²) >= 11 is 6.53. The summed E-state index contributed by atoms with van der Waals surface area (Å²) < 4.78 is 40.3. The number of anilines is 1. The van der Waals surface area contributed by atoms with Crippen LogP contribution < -0.4 is 10.5 Å². The number of halogens is 2. The molecule has 0 unspecified atom stereocenters. The van der Waals surface area contributed by atoms with Crippen molar-refractivity contribution in [1.29, 1.82) is 0 Å². The molecule has 6 nitrogen and oxygen atoms in total. The maximum absolute atomic E-state index is 13.9. The zero-order valence-corrected chi connectivity index (χ0v) is 12.6. The highest BCUT2D eigenvalue weighted by molar-refractivity contribution is 7.94. The van der Waals surface area contributed by atoms with Gasteiger partial charge in [-0.25, -0.2) is 12.8 Å².